The van der Waals surface area contributed by atoms with E-state index >= 15 is 0 Å². The van der Waals surface area contributed by atoms with Gasteiger partial charge >= 0.3 is 0 Å². The van der Waals surface area contributed by atoms with Crippen LogP contribution >= 0.6 is 0 Å². The van der Waals surface area contributed by atoms with Gasteiger partial charge in [-0.15, -0.1) is 0 Å². The number of nitro benzene ring substituents is 1. The van der Waals surface area contributed by atoms with Gasteiger partial charge in [0.05, 0.1) is 11.0 Å². The molecule has 0 heterocycles. The maximum Gasteiger partial charge on any atom is 0.295 e. The molecule has 2 N–H and O–H groups in total. The Bertz CT molecular complexity index is 758. The predicted molar refractivity (Wildman–Crippen MR) is 84.1 cm³/mol. The number of nitrogens with one attached hydrogen (secondary N) is 2. The van der Waals surface area contributed by atoms with Crippen molar-refractivity contribution < 1.29 is 14.1 Å². The highest BCUT2D eigenvalue weighted by Crippen LogP contribution is 2.31. The molecule has 2 aromatic rings. The van der Waals surface area contributed by atoms with Crippen LogP contribution < -0.4 is 10.6 Å². The molecular weight excluding hydrogens is 301 g/mol. The van der Waals surface area contributed by atoms with Crippen LogP contribution in [0.2, 0.25) is 0 Å². The van der Waals surface area contributed by atoms with Gasteiger partial charge in [0, 0.05) is 17.3 Å². The fourth-order valence-corrected chi connectivity index (χ4v) is 2.14. The van der Waals surface area contributed by atoms with Crippen molar-refractivity contribution in [3.8, 4) is 0 Å². The molecule has 0 spiro atoms. The highest BCUT2D eigenvalue weighted by Gasteiger charge is 2.29. The smallest absolute Gasteiger partial charge is 0.295 e. The Kier molecular flexibility index (Phi) is 3.92. The number of rotatable bonds is 5. The number of nitrogens with zero attached hydrogens (tertiary/aromatic N) is 1. The number of carbonyl (C=O) groups excluding carboxylic acids is 1. The van der Waals surface area contributed by atoms with Crippen molar-refractivity contribution in [2.75, 3.05) is 10.6 Å². The van der Waals surface area contributed by atoms with Crippen molar-refractivity contribution in [2.45, 2.75) is 12.8 Å². The molecule has 0 bridgehead atoms. The summed E-state index contributed by atoms with van der Waals surface area (Å²) in [5.41, 5.74) is 1.13. The fraction of sp³-hybridized carbons (Fsp3) is 0.188. The van der Waals surface area contributed by atoms with Crippen LogP contribution in [-0.2, 0) is 4.79 Å². The minimum Gasteiger partial charge on any atom is -0.350 e. The third-order valence-electron chi connectivity index (χ3n) is 3.54. The lowest BCUT2D eigenvalue weighted by Gasteiger charge is -2.09. The summed E-state index contributed by atoms with van der Waals surface area (Å²) < 4.78 is 13.1. The van der Waals surface area contributed by atoms with Crippen LogP contribution in [0.1, 0.15) is 12.8 Å². The molecule has 6 nitrogen and oxygen atoms in total. The largest absolute Gasteiger partial charge is 0.350 e. The maximum absolute atomic E-state index is 13.1. The van der Waals surface area contributed by atoms with E-state index in [0.29, 0.717) is 11.4 Å². The van der Waals surface area contributed by atoms with Gasteiger partial charge in [-0.1, -0.05) is 0 Å². The molecule has 3 rings (SSSR count). The molecule has 2 aromatic carbocycles. The minimum absolute atomic E-state index is 0.0138. The second-order valence-electron chi connectivity index (χ2n) is 5.38. The van der Waals surface area contributed by atoms with Crippen molar-refractivity contribution in [1.82, 2.24) is 0 Å². The van der Waals surface area contributed by atoms with Gasteiger partial charge < -0.3 is 10.6 Å². The second-order valence-corrected chi connectivity index (χ2v) is 5.38. The third-order valence-corrected chi connectivity index (χ3v) is 3.54. The summed E-state index contributed by atoms with van der Waals surface area (Å²) in [6.45, 7) is 0. The van der Waals surface area contributed by atoms with E-state index in [1.165, 1.54) is 6.07 Å². The molecule has 0 radical (unpaired) electrons. The Morgan fingerprint density at radius 2 is 1.78 bits per heavy atom. The van der Waals surface area contributed by atoms with Crippen LogP contribution in [0.25, 0.3) is 0 Å². The molecule has 0 atom stereocenters. The zero-order valence-electron chi connectivity index (χ0n) is 12.1. The zero-order chi connectivity index (χ0) is 16.4. The second kappa shape index (κ2) is 6.04. The number of nitro groups is 1. The normalized spacial score (nSPS) is 13.4. The standard InChI is InChI=1S/C16H14FN3O3/c17-11-3-8-14(15(9-11)20(22)23)18-12-4-6-13(7-5-12)19-16(21)10-1-2-10/h3-10,18H,1-2H2,(H,19,21). The molecule has 7 heteroatoms. The van der Waals surface area contributed by atoms with Crippen LogP contribution in [0.4, 0.5) is 27.1 Å². The number of carbonyl (C=O) groups is 1. The molecule has 23 heavy (non-hydrogen) atoms. The van der Waals surface area contributed by atoms with Gasteiger partial charge in [-0.3, -0.25) is 14.9 Å². The Morgan fingerprint density at radius 1 is 1.13 bits per heavy atom. The van der Waals surface area contributed by atoms with Crippen molar-refractivity contribution in [3.05, 3.63) is 58.4 Å². The summed E-state index contributed by atoms with van der Waals surface area (Å²) >= 11 is 0. The summed E-state index contributed by atoms with van der Waals surface area (Å²) in [6.07, 6.45) is 1.86. The molecule has 1 fully saturated rings. The monoisotopic (exact) mass is 315 g/mol. The van der Waals surface area contributed by atoms with Gasteiger partial charge in [0.15, 0.2) is 0 Å². The lowest BCUT2D eigenvalue weighted by atomic mass is 10.2. The lowest BCUT2D eigenvalue weighted by Crippen LogP contribution is -2.13. The average Bonchev–Trinajstić information content (AvgIpc) is 3.35. The molecule has 0 aliphatic heterocycles. The Morgan fingerprint density at radius 3 is 2.39 bits per heavy atom. The molecular formula is C16H14FN3O3. The van der Waals surface area contributed by atoms with E-state index in [2.05, 4.69) is 10.6 Å². The Balaban J connectivity index is 1.73. The van der Waals surface area contributed by atoms with Crippen LogP contribution in [0.15, 0.2) is 42.5 Å². The molecule has 1 aliphatic rings. The van der Waals surface area contributed by atoms with E-state index in [-0.39, 0.29) is 23.2 Å². The highest BCUT2D eigenvalue weighted by atomic mass is 19.1. The summed E-state index contributed by atoms with van der Waals surface area (Å²) in [6, 6.07) is 10.1. The van der Waals surface area contributed by atoms with E-state index in [9.17, 15) is 19.3 Å². The molecule has 0 unspecified atom stereocenters. The highest BCUT2D eigenvalue weighted by molar-refractivity contribution is 5.94. The summed E-state index contributed by atoms with van der Waals surface area (Å²) in [5, 5.41) is 16.6. The first kappa shape index (κ1) is 15.0. The Labute approximate surface area is 131 Å². The first-order valence-corrected chi connectivity index (χ1v) is 7.15. The fourth-order valence-electron chi connectivity index (χ4n) is 2.14. The van der Waals surface area contributed by atoms with Gasteiger partial charge in [-0.25, -0.2) is 4.39 Å². The zero-order valence-corrected chi connectivity index (χ0v) is 12.1. The maximum atomic E-state index is 13.1. The molecule has 1 aliphatic carbocycles. The first-order valence-electron chi connectivity index (χ1n) is 7.15. The van der Waals surface area contributed by atoms with E-state index in [0.717, 1.165) is 25.0 Å². The SMILES string of the molecule is O=C(Nc1ccc(Nc2ccc(F)cc2[N+](=O)[O-])cc1)C1CC1. The third kappa shape index (κ3) is 3.63. The molecule has 0 aromatic heterocycles. The van der Waals surface area contributed by atoms with Crippen LogP contribution in [-0.4, -0.2) is 10.8 Å². The van der Waals surface area contributed by atoms with Crippen molar-refractivity contribution in [2.24, 2.45) is 5.92 Å². The number of hydrogen-bond donors (Lipinski definition) is 2. The topological polar surface area (TPSA) is 84.3 Å². The van der Waals surface area contributed by atoms with E-state index < -0.39 is 10.7 Å². The number of amides is 1. The van der Waals surface area contributed by atoms with Gasteiger partial charge in [-0.05, 0) is 49.2 Å². The van der Waals surface area contributed by atoms with Crippen LogP contribution in [0, 0.1) is 21.8 Å². The van der Waals surface area contributed by atoms with Gasteiger partial charge in [0.2, 0.25) is 5.91 Å². The minimum atomic E-state index is -0.666. The van der Waals surface area contributed by atoms with Gasteiger partial charge in [0.1, 0.15) is 11.5 Å². The Hall–Kier alpha value is -2.96. The number of benzene rings is 2. The van der Waals surface area contributed by atoms with Gasteiger partial charge in [-0.2, -0.15) is 0 Å². The number of halogens is 1. The van der Waals surface area contributed by atoms with Crippen molar-refractivity contribution in [3.63, 3.8) is 0 Å². The molecule has 1 amide bonds. The number of anilines is 3. The van der Waals surface area contributed by atoms with E-state index in [4.69, 9.17) is 0 Å². The quantitative estimate of drug-likeness (QED) is 0.649. The summed E-state index contributed by atoms with van der Waals surface area (Å²) in [4.78, 5) is 22.0. The van der Waals surface area contributed by atoms with E-state index in [1.807, 2.05) is 0 Å². The molecule has 118 valence electrons. The van der Waals surface area contributed by atoms with Crippen LogP contribution in [0.5, 0.6) is 0 Å². The van der Waals surface area contributed by atoms with Crippen molar-refractivity contribution >= 4 is 28.7 Å². The van der Waals surface area contributed by atoms with Gasteiger partial charge in [0.25, 0.3) is 5.69 Å². The van der Waals surface area contributed by atoms with E-state index in [1.54, 1.807) is 24.3 Å². The average molecular weight is 315 g/mol. The summed E-state index contributed by atoms with van der Waals surface area (Å²) in [7, 11) is 0. The predicted octanol–water partition coefficient (Wildman–Crippen LogP) is 3.83. The first-order chi connectivity index (χ1) is 11.0. The number of hydrogen-bond acceptors (Lipinski definition) is 4. The summed E-state index contributed by atoms with van der Waals surface area (Å²) in [5.74, 6) is -0.532. The molecule has 0 saturated heterocycles. The van der Waals surface area contributed by atoms with Crippen molar-refractivity contribution in [1.29, 1.82) is 0 Å². The lowest BCUT2D eigenvalue weighted by molar-refractivity contribution is -0.384. The molecule has 1 saturated carbocycles. The van der Waals surface area contributed by atoms with Crippen LogP contribution in [0.3, 0.4) is 0 Å².